The van der Waals surface area contributed by atoms with Gasteiger partial charge in [-0.2, -0.15) is 4.98 Å². The van der Waals surface area contributed by atoms with Crippen LogP contribution in [0.15, 0.2) is 40.8 Å². The fraction of sp³-hybridized carbons (Fsp3) is 0.0667. The van der Waals surface area contributed by atoms with Gasteiger partial charge in [0.1, 0.15) is 11.3 Å². The van der Waals surface area contributed by atoms with Crippen molar-refractivity contribution in [3.63, 3.8) is 0 Å². The van der Waals surface area contributed by atoms with Crippen LogP contribution >= 0.6 is 0 Å². The number of nitrogens with one attached hydrogen (secondary N) is 1. The van der Waals surface area contributed by atoms with Gasteiger partial charge in [0.15, 0.2) is 5.58 Å². The monoisotopic (exact) mass is 286 g/mol. The maximum absolute atomic E-state index is 13.2. The summed E-state index contributed by atoms with van der Waals surface area (Å²) in [6.45, 7) is 1.83. The quantitative estimate of drug-likeness (QED) is 0.767. The van der Waals surface area contributed by atoms with Crippen LogP contribution in [0.5, 0.6) is 0 Å². The second-order valence-corrected chi connectivity index (χ2v) is 4.59. The zero-order chi connectivity index (χ0) is 15.0. The zero-order valence-corrected chi connectivity index (χ0v) is 11.1. The number of oxazole rings is 1. The van der Waals surface area contributed by atoms with Crippen molar-refractivity contribution >= 4 is 28.8 Å². The lowest BCUT2D eigenvalue weighted by atomic mass is 10.2. The fourth-order valence-electron chi connectivity index (χ4n) is 1.96. The molecule has 106 valence electrons. The molecule has 3 rings (SSSR count). The van der Waals surface area contributed by atoms with Gasteiger partial charge in [-0.3, -0.25) is 0 Å². The first-order valence-electron chi connectivity index (χ1n) is 6.20. The second kappa shape index (κ2) is 4.90. The summed E-state index contributed by atoms with van der Waals surface area (Å²) in [6, 6.07) is 8.94. The molecule has 0 unspecified atom stereocenters. The number of halogens is 1. The standard InChI is InChI=1S/C15H11FN2O3/c1-8-2-4-10(16)7-12(8)18-15-17-11-5-3-9(14(19)20)6-13(11)21-15/h2-7H,1H3,(H,17,18)(H,19,20). The van der Waals surface area contributed by atoms with Crippen LogP contribution in [0.4, 0.5) is 16.1 Å². The molecule has 0 atom stereocenters. The number of hydrogen-bond acceptors (Lipinski definition) is 4. The summed E-state index contributed by atoms with van der Waals surface area (Å²) in [5, 5.41) is 11.8. The van der Waals surface area contributed by atoms with Gasteiger partial charge >= 0.3 is 5.97 Å². The van der Waals surface area contributed by atoms with Crippen molar-refractivity contribution in [3.05, 3.63) is 53.3 Å². The molecule has 1 heterocycles. The van der Waals surface area contributed by atoms with E-state index in [0.717, 1.165) is 5.56 Å². The number of aromatic nitrogens is 1. The summed E-state index contributed by atoms with van der Waals surface area (Å²) in [7, 11) is 0. The maximum Gasteiger partial charge on any atom is 0.335 e. The van der Waals surface area contributed by atoms with Crippen LogP contribution in [-0.2, 0) is 0 Å². The first-order chi connectivity index (χ1) is 10.0. The minimum atomic E-state index is -1.04. The van der Waals surface area contributed by atoms with Crippen molar-refractivity contribution in [2.45, 2.75) is 6.92 Å². The van der Waals surface area contributed by atoms with Crippen LogP contribution in [0.25, 0.3) is 11.1 Å². The third-order valence-electron chi connectivity index (χ3n) is 3.08. The molecule has 0 radical (unpaired) electrons. The van der Waals surface area contributed by atoms with Gasteiger partial charge in [-0.05, 0) is 42.8 Å². The molecular formula is C15H11FN2O3. The SMILES string of the molecule is Cc1ccc(F)cc1Nc1nc2ccc(C(=O)O)cc2o1. The fourth-order valence-corrected chi connectivity index (χ4v) is 1.96. The van der Waals surface area contributed by atoms with Gasteiger partial charge in [0.25, 0.3) is 6.01 Å². The van der Waals surface area contributed by atoms with E-state index in [2.05, 4.69) is 10.3 Å². The Morgan fingerprint density at radius 2 is 2.10 bits per heavy atom. The number of carboxylic acids is 1. The molecule has 0 aliphatic carbocycles. The number of carbonyl (C=O) groups is 1. The number of nitrogens with zero attached hydrogens (tertiary/aromatic N) is 1. The number of aryl methyl sites for hydroxylation is 1. The van der Waals surface area contributed by atoms with E-state index in [1.165, 1.54) is 24.3 Å². The lowest BCUT2D eigenvalue weighted by molar-refractivity contribution is 0.0697. The van der Waals surface area contributed by atoms with Gasteiger partial charge in [0.2, 0.25) is 0 Å². The van der Waals surface area contributed by atoms with Crippen LogP contribution < -0.4 is 5.32 Å². The molecule has 5 nitrogen and oxygen atoms in total. The van der Waals surface area contributed by atoms with E-state index in [-0.39, 0.29) is 17.4 Å². The molecule has 0 saturated carbocycles. The Bertz CT molecular complexity index is 842. The van der Waals surface area contributed by atoms with E-state index in [9.17, 15) is 9.18 Å². The third-order valence-corrected chi connectivity index (χ3v) is 3.08. The van der Waals surface area contributed by atoms with Crippen molar-refractivity contribution in [2.24, 2.45) is 0 Å². The molecular weight excluding hydrogens is 275 g/mol. The van der Waals surface area contributed by atoms with Gasteiger partial charge in [-0.15, -0.1) is 0 Å². The molecule has 0 saturated heterocycles. The van der Waals surface area contributed by atoms with Crippen LogP contribution in [0.3, 0.4) is 0 Å². The number of carboxylic acid groups (broad SMARTS) is 1. The van der Waals surface area contributed by atoms with Gasteiger partial charge in [0.05, 0.1) is 5.56 Å². The Morgan fingerprint density at radius 3 is 2.86 bits per heavy atom. The first kappa shape index (κ1) is 13.1. The third kappa shape index (κ3) is 2.55. The maximum atomic E-state index is 13.2. The molecule has 0 aliphatic heterocycles. The summed E-state index contributed by atoms with van der Waals surface area (Å²) in [5.74, 6) is -1.41. The zero-order valence-electron chi connectivity index (χ0n) is 11.1. The largest absolute Gasteiger partial charge is 0.478 e. The number of aromatic carboxylic acids is 1. The van der Waals surface area contributed by atoms with Crippen LogP contribution in [0.1, 0.15) is 15.9 Å². The summed E-state index contributed by atoms with van der Waals surface area (Å²) in [4.78, 5) is 15.1. The van der Waals surface area contributed by atoms with E-state index < -0.39 is 5.97 Å². The van der Waals surface area contributed by atoms with Crippen molar-refractivity contribution in [2.75, 3.05) is 5.32 Å². The minimum Gasteiger partial charge on any atom is -0.478 e. The molecule has 0 spiro atoms. The predicted octanol–water partition coefficient (Wildman–Crippen LogP) is 3.72. The number of fused-ring (bicyclic) bond motifs is 1. The molecule has 21 heavy (non-hydrogen) atoms. The molecule has 3 aromatic rings. The van der Waals surface area contributed by atoms with Gasteiger partial charge in [-0.25, -0.2) is 9.18 Å². The Hall–Kier alpha value is -2.89. The highest BCUT2D eigenvalue weighted by atomic mass is 19.1. The molecule has 1 aromatic heterocycles. The normalized spacial score (nSPS) is 10.8. The van der Waals surface area contributed by atoms with E-state index in [0.29, 0.717) is 16.8 Å². The van der Waals surface area contributed by atoms with Crippen LogP contribution in [0.2, 0.25) is 0 Å². The van der Waals surface area contributed by atoms with E-state index in [1.54, 1.807) is 12.1 Å². The van der Waals surface area contributed by atoms with Gasteiger partial charge in [0, 0.05) is 5.69 Å². The minimum absolute atomic E-state index is 0.118. The topological polar surface area (TPSA) is 75.4 Å². The molecule has 0 fully saturated rings. The average Bonchev–Trinajstić information content (AvgIpc) is 2.84. The first-order valence-corrected chi connectivity index (χ1v) is 6.20. The van der Waals surface area contributed by atoms with Crippen molar-refractivity contribution in [1.29, 1.82) is 0 Å². The molecule has 6 heteroatoms. The molecule has 2 N–H and O–H groups in total. The molecule has 0 bridgehead atoms. The molecule has 0 amide bonds. The highest BCUT2D eigenvalue weighted by molar-refractivity contribution is 5.92. The average molecular weight is 286 g/mol. The summed E-state index contributed by atoms with van der Waals surface area (Å²) < 4.78 is 18.7. The summed E-state index contributed by atoms with van der Waals surface area (Å²) in [5.41, 5.74) is 2.38. The number of rotatable bonds is 3. The smallest absolute Gasteiger partial charge is 0.335 e. The molecule has 0 aliphatic rings. The van der Waals surface area contributed by atoms with Crippen molar-refractivity contribution < 1.29 is 18.7 Å². The number of hydrogen-bond donors (Lipinski definition) is 2. The Labute approximate surface area is 119 Å². The summed E-state index contributed by atoms with van der Waals surface area (Å²) in [6.07, 6.45) is 0. The van der Waals surface area contributed by atoms with E-state index in [1.807, 2.05) is 6.92 Å². The molecule has 2 aromatic carbocycles. The lowest BCUT2D eigenvalue weighted by Crippen LogP contribution is -1.94. The number of anilines is 2. The number of benzene rings is 2. The van der Waals surface area contributed by atoms with E-state index >= 15 is 0 Å². The van der Waals surface area contributed by atoms with Crippen molar-refractivity contribution in [1.82, 2.24) is 4.98 Å². The Morgan fingerprint density at radius 1 is 1.29 bits per heavy atom. The Kier molecular flexibility index (Phi) is 3.06. The van der Waals surface area contributed by atoms with Crippen LogP contribution in [-0.4, -0.2) is 16.1 Å². The van der Waals surface area contributed by atoms with Crippen LogP contribution in [0, 0.1) is 12.7 Å². The highest BCUT2D eigenvalue weighted by Crippen LogP contribution is 2.25. The summed E-state index contributed by atoms with van der Waals surface area (Å²) >= 11 is 0. The lowest BCUT2D eigenvalue weighted by Gasteiger charge is -2.05. The van der Waals surface area contributed by atoms with Gasteiger partial charge in [-0.1, -0.05) is 6.07 Å². The predicted molar refractivity (Wildman–Crippen MR) is 75.4 cm³/mol. The highest BCUT2D eigenvalue weighted by Gasteiger charge is 2.11. The second-order valence-electron chi connectivity index (χ2n) is 4.59. The van der Waals surface area contributed by atoms with Crippen molar-refractivity contribution in [3.8, 4) is 0 Å². The Balaban J connectivity index is 1.97. The van der Waals surface area contributed by atoms with Gasteiger partial charge < -0.3 is 14.8 Å². The van der Waals surface area contributed by atoms with E-state index in [4.69, 9.17) is 9.52 Å².